The lowest BCUT2D eigenvalue weighted by atomic mass is 9.95. The maximum atomic E-state index is 12.3. The predicted molar refractivity (Wildman–Crippen MR) is 89.7 cm³/mol. The van der Waals surface area contributed by atoms with Gasteiger partial charge in [0.2, 0.25) is 0 Å². The quantitative estimate of drug-likeness (QED) is 0.713. The number of carbonyl (C=O) groups is 1. The van der Waals surface area contributed by atoms with Crippen molar-refractivity contribution in [2.24, 2.45) is 5.14 Å². The van der Waals surface area contributed by atoms with Gasteiger partial charge in [-0.15, -0.1) is 0 Å². The molecule has 0 saturated heterocycles. The van der Waals surface area contributed by atoms with Crippen LogP contribution < -0.4 is 10.5 Å². The highest BCUT2D eigenvalue weighted by Crippen LogP contribution is 2.30. The highest BCUT2D eigenvalue weighted by Gasteiger charge is 2.32. The van der Waals surface area contributed by atoms with Crippen molar-refractivity contribution in [1.29, 1.82) is 0 Å². The summed E-state index contributed by atoms with van der Waals surface area (Å²) >= 11 is 4.43. The Bertz CT molecular complexity index is 617. The summed E-state index contributed by atoms with van der Waals surface area (Å²) in [5.74, 6) is -0.204. The number of halogens is 1. The van der Waals surface area contributed by atoms with Crippen molar-refractivity contribution in [1.82, 2.24) is 0 Å². The van der Waals surface area contributed by atoms with E-state index in [1.165, 1.54) is 0 Å². The minimum Gasteiger partial charge on any atom is -0.598 e. The number of nitrogens with two attached hydrogens (primary N) is 1. The molecule has 1 aliphatic heterocycles. The molecule has 22 heavy (non-hydrogen) atoms. The highest BCUT2D eigenvalue weighted by molar-refractivity contribution is 7.90. The van der Waals surface area contributed by atoms with Crippen LogP contribution in [0.2, 0.25) is 5.02 Å². The lowest BCUT2D eigenvalue weighted by Gasteiger charge is -2.26. The summed E-state index contributed by atoms with van der Waals surface area (Å²) in [6, 6.07) is 5.18. The van der Waals surface area contributed by atoms with Crippen molar-refractivity contribution in [3.63, 3.8) is 0 Å². The summed E-state index contributed by atoms with van der Waals surface area (Å²) in [6.45, 7) is 3.49. The van der Waals surface area contributed by atoms with Crippen molar-refractivity contribution in [2.75, 3.05) is 5.32 Å². The van der Waals surface area contributed by atoms with E-state index in [0.29, 0.717) is 11.4 Å². The van der Waals surface area contributed by atoms with Gasteiger partial charge >= 0.3 is 0 Å². The molecule has 4 N–H and O–H groups in total. The minimum absolute atomic E-state index is 0.163. The zero-order valence-electron chi connectivity index (χ0n) is 12.4. The van der Waals surface area contributed by atoms with Crippen molar-refractivity contribution >= 4 is 40.5 Å². The van der Waals surface area contributed by atoms with E-state index in [1.807, 2.05) is 0 Å². The van der Waals surface area contributed by atoms with Crippen molar-refractivity contribution < 1.29 is 14.5 Å². The average Bonchev–Trinajstić information content (AvgIpc) is 2.44. The van der Waals surface area contributed by atoms with E-state index in [0.717, 1.165) is 11.3 Å². The van der Waals surface area contributed by atoms with E-state index in [9.17, 15) is 14.5 Å². The van der Waals surface area contributed by atoms with E-state index in [2.05, 4.69) is 5.32 Å². The van der Waals surface area contributed by atoms with Crippen molar-refractivity contribution in [3.8, 4) is 0 Å². The highest BCUT2D eigenvalue weighted by atomic mass is 35.5. The lowest BCUT2D eigenvalue weighted by molar-refractivity contribution is -0.116. The summed E-state index contributed by atoms with van der Waals surface area (Å²) in [5.41, 5.74) is 1.74. The Morgan fingerprint density at radius 1 is 1.55 bits per heavy atom. The standard InChI is InChI=1S/C15H19ClN2O3S/c1-15(2,22(17)21)6-5-13(19)11-8-9-7-10(16)3-4-12(9)18-14(11)20/h3-4,7-8,14,18,20H,5-6,17H2,1-2H3/t14?,22-/m1/s1. The number of benzene rings is 1. The molecule has 2 atom stereocenters. The zero-order valence-corrected chi connectivity index (χ0v) is 14.0. The van der Waals surface area contributed by atoms with E-state index in [-0.39, 0.29) is 17.8 Å². The van der Waals surface area contributed by atoms with Crippen LogP contribution in [-0.4, -0.2) is 26.4 Å². The minimum atomic E-state index is -1.51. The van der Waals surface area contributed by atoms with Gasteiger partial charge in [-0.3, -0.25) is 4.79 Å². The summed E-state index contributed by atoms with van der Waals surface area (Å²) in [5, 5.41) is 18.9. The molecule has 0 amide bonds. The first kappa shape index (κ1) is 17.3. The van der Waals surface area contributed by atoms with Crippen LogP contribution in [0.5, 0.6) is 0 Å². The fourth-order valence-electron chi connectivity index (χ4n) is 2.15. The Balaban J connectivity index is 2.16. The molecular formula is C15H19ClN2O3S. The van der Waals surface area contributed by atoms with Crippen LogP contribution in [0, 0.1) is 0 Å². The monoisotopic (exact) mass is 342 g/mol. The Labute approximate surface area is 137 Å². The van der Waals surface area contributed by atoms with Gasteiger partial charge in [0.05, 0.1) is 0 Å². The Hall–Kier alpha value is -1.05. The number of carbonyl (C=O) groups excluding carboxylic acids is 1. The Kier molecular flexibility index (Phi) is 5.19. The molecule has 0 aliphatic carbocycles. The van der Waals surface area contributed by atoms with Crippen LogP contribution in [0.3, 0.4) is 0 Å². The van der Waals surface area contributed by atoms with Crippen LogP contribution in [0.1, 0.15) is 32.3 Å². The number of hydrogen-bond acceptors (Lipinski definition) is 5. The number of anilines is 1. The molecule has 1 aromatic carbocycles. The summed E-state index contributed by atoms with van der Waals surface area (Å²) in [4.78, 5) is 12.3. The first-order chi connectivity index (χ1) is 10.2. The lowest BCUT2D eigenvalue weighted by Crippen LogP contribution is -2.38. The molecule has 2 rings (SSSR count). The normalized spacial score (nSPS) is 19.0. The second-order valence-electron chi connectivity index (χ2n) is 5.86. The summed E-state index contributed by atoms with van der Waals surface area (Å²) < 4.78 is 10.8. The second kappa shape index (κ2) is 6.60. The van der Waals surface area contributed by atoms with Crippen LogP contribution in [-0.2, 0) is 16.2 Å². The molecule has 0 aromatic heterocycles. The number of nitrogens with one attached hydrogen (secondary N) is 1. The topological polar surface area (TPSA) is 98.4 Å². The van der Waals surface area contributed by atoms with Gasteiger partial charge in [-0.25, -0.2) is 0 Å². The Morgan fingerprint density at radius 2 is 2.23 bits per heavy atom. The van der Waals surface area contributed by atoms with Gasteiger partial charge in [0.1, 0.15) is 4.75 Å². The molecule has 7 heteroatoms. The van der Waals surface area contributed by atoms with Gasteiger partial charge in [0.25, 0.3) is 0 Å². The summed E-state index contributed by atoms with van der Waals surface area (Å²) in [6.07, 6.45) is 1.11. The number of rotatable bonds is 5. The van der Waals surface area contributed by atoms with Crippen LogP contribution >= 0.6 is 11.6 Å². The zero-order chi connectivity index (χ0) is 16.5. The van der Waals surface area contributed by atoms with Gasteiger partial charge in [-0.2, -0.15) is 5.14 Å². The fraction of sp³-hybridized carbons (Fsp3) is 0.400. The first-order valence-electron chi connectivity index (χ1n) is 6.86. The smallest absolute Gasteiger partial charge is 0.163 e. The maximum absolute atomic E-state index is 12.3. The molecule has 0 saturated carbocycles. The van der Waals surface area contributed by atoms with Gasteiger partial charge in [-0.1, -0.05) is 11.6 Å². The molecule has 1 unspecified atom stereocenters. The molecule has 0 radical (unpaired) electrons. The third-order valence-electron chi connectivity index (χ3n) is 3.73. The van der Waals surface area contributed by atoms with Crippen LogP contribution in [0.15, 0.2) is 23.8 Å². The van der Waals surface area contributed by atoms with Gasteiger partial charge in [0, 0.05) is 40.5 Å². The van der Waals surface area contributed by atoms with Crippen LogP contribution in [0.25, 0.3) is 6.08 Å². The number of hydrogen-bond donors (Lipinski definition) is 3. The third kappa shape index (κ3) is 3.83. The van der Waals surface area contributed by atoms with E-state index in [1.54, 1.807) is 38.1 Å². The molecule has 0 spiro atoms. The number of aliphatic hydroxyl groups is 1. The molecule has 1 aliphatic rings. The van der Waals surface area contributed by atoms with Crippen molar-refractivity contribution in [3.05, 3.63) is 34.4 Å². The van der Waals surface area contributed by atoms with E-state index in [4.69, 9.17) is 16.7 Å². The molecule has 0 bridgehead atoms. The Morgan fingerprint density at radius 3 is 2.86 bits per heavy atom. The van der Waals surface area contributed by atoms with Gasteiger partial charge in [-0.05, 0) is 43.7 Å². The number of ketones is 1. The second-order valence-corrected chi connectivity index (χ2v) is 7.99. The number of Topliss-reactive ketones (excluding diaryl/α,β-unsaturated/α-hetero) is 1. The molecule has 1 aromatic rings. The number of fused-ring (bicyclic) bond motifs is 1. The molecular weight excluding hydrogens is 324 g/mol. The predicted octanol–water partition coefficient (Wildman–Crippen LogP) is 2.22. The molecule has 120 valence electrons. The SMILES string of the molecule is CC(C)(CCC(=O)C1=Cc2cc(Cl)ccc2NC1O)[S@+](N)[O-]. The maximum Gasteiger partial charge on any atom is 0.163 e. The molecule has 1 heterocycles. The van der Waals surface area contributed by atoms with Crippen LogP contribution in [0.4, 0.5) is 5.69 Å². The van der Waals surface area contributed by atoms with Crippen molar-refractivity contribution in [2.45, 2.75) is 37.7 Å². The number of aliphatic hydroxyl groups excluding tert-OH is 1. The van der Waals surface area contributed by atoms with E-state index < -0.39 is 22.3 Å². The molecule has 0 fully saturated rings. The fourth-order valence-corrected chi connectivity index (χ4v) is 2.63. The third-order valence-corrected chi connectivity index (χ3v) is 5.26. The largest absolute Gasteiger partial charge is 0.598 e. The van der Waals surface area contributed by atoms with E-state index >= 15 is 0 Å². The summed E-state index contributed by atoms with van der Waals surface area (Å²) in [7, 11) is 0. The van der Waals surface area contributed by atoms with Gasteiger partial charge < -0.3 is 15.0 Å². The average molecular weight is 343 g/mol. The first-order valence-corrected chi connectivity index (χ1v) is 8.45. The molecule has 5 nitrogen and oxygen atoms in total. The van der Waals surface area contributed by atoms with Gasteiger partial charge in [0.15, 0.2) is 12.0 Å².